The Bertz CT molecular complexity index is 901. The van der Waals surface area contributed by atoms with E-state index < -0.39 is 12.0 Å². The van der Waals surface area contributed by atoms with Gasteiger partial charge in [-0.15, -0.1) is 0 Å². The van der Waals surface area contributed by atoms with Gasteiger partial charge in [-0.1, -0.05) is 48.5 Å². The maximum Gasteiger partial charge on any atom is 0.326 e. The Morgan fingerprint density at radius 2 is 1.50 bits per heavy atom. The van der Waals surface area contributed by atoms with Crippen LogP contribution in [-0.2, 0) is 11.2 Å². The molecule has 0 heterocycles. The Morgan fingerprint density at radius 3 is 2.04 bits per heavy atom. The highest BCUT2D eigenvalue weighted by molar-refractivity contribution is 5.79. The number of benzene rings is 3. The fourth-order valence-electron chi connectivity index (χ4n) is 3.11. The molecule has 1 atom stereocenters. The number of carbonyl (C=O) groups is 1. The summed E-state index contributed by atoms with van der Waals surface area (Å²) in [5, 5.41) is 12.6. The first-order valence-electron chi connectivity index (χ1n) is 8.97. The van der Waals surface area contributed by atoms with E-state index in [1.807, 2.05) is 72.8 Å². The number of aliphatic carboxylic acids is 1. The van der Waals surface area contributed by atoms with Crippen LogP contribution in [0.15, 0.2) is 72.8 Å². The number of ether oxygens (including phenoxy) is 2. The van der Waals surface area contributed by atoms with Gasteiger partial charge in [0.1, 0.15) is 17.5 Å². The molecule has 0 aliphatic carbocycles. The number of rotatable bonds is 8. The van der Waals surface area contributed by atoms with E-state index in [0.717, 1.165) is 33.9 Å². The summed E-state index contributed by atoms with van der Waals surface area (Å²) in [6, 6.07) is 22.1. The molecule has 5 heteroatoms. The normalized spacial score (nSPS) is 11.5. The molecule has 0 amide bonds. The van der Waals surface area contributed by atoms with Crippen molar-refractivity contribution in [3.8, 4) is 22.6 Å². The van der Waals surface area contributed by atoms with Crippen LogP contribution in [0.4, 0.5) is 5.69 Å². The predicted octanol–water partition coefficient (Wildman–Crippen LogP) is 4.48. The molecule has 3 aromatic rings. The fraction of sp³-hybridized carbons (Fsp3) is 0.174. The van der Waals surface area contributed by atoms with Crippen molar-refractivity contribution in [2.75, 3.05) is 19.5 Å². The lowest BCUT2D eigenvalue weighted by molar-refractivity contribution is -0.137. The van der Waals surface area contributed by atoms with Gasteiger partial charge in [0, 0.05) is 12.1 Å². The van der Waals surface area contributed by atoms with Crippen molar-refractivity contribution in [2.24, 2.45) is 0 Å². The summed E-state index contributed by atoms with van der Waals surface area (Å²) >= 11 is 0. The number of hydrogen-bond acceptors (Lipinski definition) is 4. The minimum atomic E-state index is -0.890. The molecule has 0 saturated carbocycles. The SMILES string of the molecule is COc1cccc(OC)c1-c1ccc(C[C@H](Nc2ccccc2)C(=O)O)cc1. The molecule has 0 fully saturated rings. The van der Waals surface area contributed by atoms with E-state index in [1.165, 1.54) is 0 Å². The second kappa shape index (κ2) is 8.95. The highest BCUT2D eigenvalue weighted by Crippen LogP contribution is 2.38. The molecule has 0 aliphatic heterocycles. The van der Waals surface area contributed by atoms with Gasteiger partial charge < -0.3 is 19.9 Å². The van der Waals surface area contributed by atoms with Crippen molar-refractivity contribution < 1.29 is 19.4 Å². The predicted molar refractivity (Wildman–Crippen MR) is 110 cm³/mol. The molecule has 0 bridgehead atoms. The average molecular weight is 377 g/mol. The van der Waals surface area contributed by atoms with Crippen LogP contribution in [0.3, 0.4) is 0 Å². The minimum absolute atomic E-state index is 0.369. The molecule has 0 spiro atoms. The van der Waals surface area contributed by atoms with Crippen LogP contribution in [-0.4, -0.2) is 31.3 Å². The lowest BCUT2D eigenvalue weighted by Crippen LogP contribution is -2.31. The van der Waals surface area contributed by atoms with Gasteiger partial charge in [0.15, 0.2) is 0 Å². The molecule has 2 N–H and O–H groups in total. The monoisotopic (exact) mass is 377 g/mol. The molecule has 0 aromatic heterocycles. The summed E-state index contributed by atoms with van der Waals surface area (Å²) in [7, 11) is 3.25. The molecule has 0 aliphatic rings. The maximum atomic E-state index is 11.7. The van der Waals surface area contributed by atoms with Gasteiger partial charge in [0.2, 0.25) is 0 Å². The zero-order valence-electron chi connectivity index (χ0n) is 15.9. The molecule has 0 unspecified atom stereocenters. The first-order valence-corrected chi connectivity index (χ1v) is 8.97. The van der Waals surface area contributed by atoms with E-state index in [1.54, 1.807) is 14.2 Å². The quantitative estimate of drug-likeness (QED) is 0.606. The standard InChI is InChI=1S/C23H23NO4/c1-27-20-9-6-10-21(28-2)22(20)17-13-11-16(12-14-17)15-19(23(25)26)24-18-7-4-3-5-8-18/h3-14,19,24H,15H2,1-2H3,(H,25,26)/t19-/m0/s1. The van der Waals surface area contributed by atoms with Gasteiger partial charge >= 0.3 is 5.97 Å². The zero-order valence-corrected chi connectivity index (χ0v) is 15.9. The summed E-state index contributed by atoms with van der Waals surface area (Å²) in [5.41, 5.74) is 3.52. The average Bonchev–Trinajstić information content (AvgIpc) is 2.74. The van der Waals surface area contributed by atoms with Crippen molar-refractivity contribution in [3.05, 3.63) is 78.4 Å². The Balaban J connectivity index is 1.82. The summed E-state index contributed by atoms with van der Waals surface area (Å²) < 4.78 is 10.9. The molecule has 144 valence electrons. The molecule has 3 rings (SSSR count). The number of carboxylic acids is 1. The van der Waals surface area contributed by atoms with E-state index in [2.05, 4.69) is 5.32 Å². The Labute approximate surface area is 164 Å². The minimum Gasteiger partial charge on any atom is -0.496 e. The summed E-state index contributed by atoms with van der Waals surface area (Å²) in [6.45, 7) is 0. The van der Waals surface area contributed by atoms with E-state index in [0.29, 0.717) is 6.42 Å². The first-order chi connectivity index (χ1) is 13.6. The number of hydrogen-bond donors (Lipinski definition) is 2. The topological polar surface area (TPSA) is 67.8 Å². The van der Waals surface area contributed by atoms with E-state index in [9.17, 15) is 9.90 Å². The number of anilines is 1. The van der Waals surface area contributed by atoms with E-state index >= 15 is 0 Å². The molecule has 5 nitrogen and oxygen atoms in total. The Morgan fingerprint density at radius 1 is 0.893 bits per heavy atom. The van der Waals surface area contributed by atoms with Crippen molar-refractivity contribution in [2.45, 2.75) is 12.5 Å². The zero-order chi connectivity index (χ0) is 19.9. The van der Waals surface area contributed by atoms with Gasteiger partial charge in [-0.2, -0.15) is 0 Å². The third-order valence-corrected chi connectivity index (χ3v) is 4.52. The highest BCUT2D eigenvalue weighted by Gasteiger charge is 2.18. The molecule has 0 radical (unpaired) electrons. The van der Waals surface area contributed by atoms with Gasteiger partial charge in [0.25, 0.3) is 0 Å². The van der Waals surface area contributed by atoms with E-state index in [-0.39, 0.29) is 0 Å². The molecular formula is C23H23NO4. The van der Waals surface area contributed by atoms with Crippen LogP contribution in [0.2, 0.25) is 0 Å². The molecular weight excluding hydrogens is 354 g/mol. The number of methoxy groups -OCH3 is 2. The Kier molecular flexibility index (Phi) is 6.17. The lowest BCUT2D eigenvalue weighted by atomic mass is 9.99. The van der Waals surface area contributed by atoms with Crippen LogP contribution in [0.1, 0.15) is 5.56 Å². The van der Waals surface area contributed by atoms with E-state index in [4.69, 9.17) is 9.47 Å². The van der Waals surface area contributed by atoms with Crippen LogP contribution in [0.25, 0.3) is 11.1 Å². The third-order valence-electron chi connectivity index (χ3n) is 4.52. The smallest absolute Gasteiger partial charge is 0.326 e. The van der Waals surface area contributed by atoms with Crippen LogP contribution < -0.4 is 14.8 Å². The molecule has 28 heavy (non-hydrogen) atoms. The number of carboxylic acid groups (broad SMARTS) is 1. The molecule has 0 saturated heterocycles. The fourth-order valence-corrected chi connectivity index (χ4v) is 3.11. The van der Waals surface area contributed by atoms with Gasteiger partial charge in [-0.3, -0.25) is 0 Å². The lowest BCUT2D eigenvalue weighted by Gasteiger charge is -2.17. The van der Waals surface area contributed by atoms with Gasteiger partial charge in [-0.05, 0) is 35.4 Å². The number of nitrogens with one attached hydrogen (secondary N) is 1. The van der Waals surface area contributed by atoms with Crippen molar-refractivity contribution in [3.63, 3.8) is 0 Å². The second-order valence-electron chi connectivity index (χ2n) is 6.34. The van der Waals surface area contributed by atoms with Gasteiger partial charge in [-0.25, -0.2) is 4.79 Å². The van der Waals surface area contributed by atoms with Crippen molar-refractivity contribution in [1.82, 2.24) is 0 Å². The third kappa shape index (κ3) is 4.43. The summed E-state index contributed by atoms with van der Waals surface area (Å²) in [4.78, 5) is 11.7. The Hall–Kier alpha value is -3.47. The van der Waals surface area contributed by atoms with Gasteiger partial charge in [0.05, 0.1) is 19.8 Å². The maximum absolute atomic E-state index is 11.7. The van der Waals surface area contributed by atoms with Crippen molar-refractivity contribution in [1.29, 1.82) is 0 Å². The largest absolute Gasteiger partial charge is 0.496 e. The number of para-hydroxylation sites is 1. The molecule has 3 aromatic carbocycles. The first kappa shape index (κ1) is 19.3. The summed E-state index contributed by atoms with van der Waals surface area (Å²) in [6.07, 6.45) is 0.369. The van der Waals surface area contributed by atoms with Crippen LogP contribution >= 0.6 is 0 Å². The summed E-state index contributed by atoms with van der Waals surface area (Å²) in [5.74, 6) is 0.557. The van der Waals surface area contributed by atoms with Crippen LogP contribution in [0, 0.1) is 0 Å². The van der Waals surface area contributed by atoms with Crippen molar-refractivity contribution >= 4 is 11.7 Å². The van der Waals surface area contributed by atoms with Crippen LogP contribution in [0.5, 0.6) is 11.5 Å². The highest BCUT2D eigenvalue weighted by atomic mass is 16.5. The second-order valence-corrected chi connectivity index (χ2v) is 6.34.